The summed E-state index contributed by atoms with van der Waals surface area (Å²) in [6.45, 7) is 0. The Morgan fingerprint density at radius 3 is 2.86 bits per heavy atom. The lowest BCUT2D eigenvalue weighted by Gasteiger charge is -2.13. The maximum absolute atomic E-state index is 12.1. The highest BCUT2D eigenvalue weighted by Crippen LogP contribution is 2.23. The summed E-state index contributed by atoms with van der Waals surface area (Å²) in [5, 5.41) is 3.47. The van der Waals surface area contributed by atoms with Gasteiger partial charge >= 0.3 is 0 Å². The van der Waals surface area contributed by atoms with Gasteiger partial charge in [-0.1, -0.05) is 23.3 Å². The largest absolute Gasteiger partial charge is 0.326 e. The summed E-state index contributed by atoms with van der Waals surface area (Å²) in [6.07, 6.45) is 8.77. The maximum Gasteiger partial charge on any atom is 0.228 e. The minimum absolute atomic E-state index is 0.00552. The highest BCUT2D eigenvalue weighted by molar-refractivity contribution is 7.83. The number of rotatable bonds is 5. The summed E-state index contributed by atoms with van der Waals surface area (Å²) in [4.78, 5) is 12.1. The van der Waals surface area contributed by atoms with Crippen LogP contribution < -0.4 is 5.32 Å². The minimum Gasteiger partial charge on any atom is -0.326 e. The van der Waals surface area contributed by atoms with Crippen LogP contribution in [0.1, 0.15) is 37.7 Å². The third-order valence-corrected chi connectivity index (χ3v) is 4.55. The van der Waals surface area contributed by atoms with Gasteiger partial charge in [0.15, 0.2) is 0 Å². The molecule has 1 atom stereocenters. The summed E-state index contributed by atoms with van der Waals surface area (Å²) in [6, 6.07) is 5.31. The first-order chi connectivity index (χ1) is 10.0. The van der Waals surface area contributed by atoms with Crippen molar-refractivity contribution in [2.75, 3.05) is 11.6 Å². The number of carbonyl (C=O) groups is 1. The molecule has 0 unspecified atom stereocenters. The molecular weight excluding hydrogens is 306 g/mol. The van der Waals surface area contributed by atoms with Crippen LogP contribution in [-0.4, -0.2) is 16.4 Å². The molecule has 0 aliphatic heterocycles. The first-order valence-electron chi connectivity index (χ1n) is 7.11. The van der Waals surface area contributed by atoms with Crippen LogP contribution in [0.4, 0.5) is 5.69 Å². The lowest BCUT2D eigenvalue weighted by atomic mass is 9.97. The molecule has 1 amide bonds. The van der Waals surface area contributed by atoms with Crippen LogP contribution in [-0.2, 0) is 21.3 Å². The average molecular weight is 326 g/mol. The average Bonchev–Trinajstić information content (AvgIpc) is 2.43. The number of anilines is 1. The minimum atomic E-state index is -0.960. The molecule has 114 valence electrons. The predicted molar refractivity (Wildman–Crippen MR) is 89.0 cm³/mol. The van der Waals surface area contributed by atoms with Crippen molar-refractivity contribution in [3.63, 3.8) is 0 Å². The van der Waals surface area contributed by atoms with Gasteiger partial charge in [0.1, 0.15) is 0 Å². The van der Waals surface area contributed by atoms with E-state index < -0.39 is 10.8 Å². The molecule has 0 radical (unpaired) electrons. The second-order valence-electron chi connectivity index (χ2n) is 5.36. The second-order valence-corrected chi connectivity index (χ2v) is 7.20. The molecule has 1 aromatic rings. The van der Waals surface area contributed by atoms with Gasteiger partial charge in [-0.25, -0.2) is 0 Å². The highest BCUT2D eigenvalue weighted by Gasteiger charge is 2.10. The van der Waals surface area contributed by atoms with Gasteiger partial charge < -0.3 is 5.32 Å². The van der Waals surface area contributed by atoms with E-state index in [2.05, 4.69) is 11.4 Å². The number of carbonyl (C=O) groups excluding carboxylic acids is 1. The molecule has 1 aliphatic rings. The summed E-state index contributed by atoms with van der Waals surface area (Å²) in [7, 11) is -0.960. The Morgan fingerprint density at radius 1 is 1.38 bits per heavy atom. The molecule has 0 saturated heterocycles. The van der Waals surface area contributed by atoms with E-state index in [4.69, 9.17) is 11.6 Å². The molecule has 2 rings (SSSR count). The quantitative estimate of drug-likeness (QED) is 0.830. The van der Waals surface area contributed by atoms with Crippen molar-refractivity contribution in [2.24, 2.45) is 0 Å². The van der Waals surface area contributed by atoms with Crippen molar-refractivity contribution in [1.82, 2.24) is 0 Å². The van der Waals surface area contributed by atoms with Crippen molar-refractivity contribution >= 4 is 34.0 Å². The fourth-order valence-electron chi connectivity index (χ4n) is 2.46. The van der Waals surface area contributed by atoms with Crippen molar-refractivity contribution in [1.29, 1.82) is 0 Å². The van der Waals surface area contributed by atoms with Crippen LogP contribution in [0, 0.1) is 0 Å². The molecule has 0 aromatic heterocycles. The van der Waals surface area contributed by atoms with Gasteiger partial charge in [-0.3, -0.25) is 9.00 Å². The number of nitrogens with one attached hydrogen (secondary N) is 1. The van der Waals surface area contributed by atoms with E-state index in [9.17, 15) is 9.00 Å². The lowest BCUT2D eigenvalue weighted by Crippen LogP contribution is -2.13. The van der Waals surface area contributed by atoms with Gasteiger partial charge in [0.05, 0.1) is 0 Å². The Bertz CT molecular complexity index is 584. The van der Waals surface area contributed by atoms with E-state index in [1.807, 2.05) is 0 Å². The van der Waals surface area contributed by atoms with Gasteiger partial charge in [0.2, 0.25) is 5.91 Å². The monoisotopic (exact) mass is 325 g/mol. The van der Waals surface area contributed by atoms with Gasteiger partial charge in [-0.15, -0.1) is 0 Å². The van der Waals surface area contributed by atoms with E-state index in [0.717, 1.165) is 18.4 Å². The van der Waals surface area contributed by atoms with E-state index in [0.29, 0.717) is 22.9 Å². The third-order valence-electron chi connectivity index (χ3n) is 3.46. The maximum atomic E-state index is 12.1. The number of benzene rings is 1. The third kappa shape index (κ3) is 5.29. The zero-order chi connectivity index (χ0) is 15.2. The highest BCUT2D eigenvalue weighted by atomic mass is 35.5. The standard InChI is InChI=1S/C16H20ClNO2S/c1-21(20)11-13-10-14(7-8-15(13)17)18-16(19)9-12-5-3-2-4-6-12/h5,7-8,10H,2-4,6,9,11H2,1H3,(H,18,19)/t21-/m1/s1. The molecular formula is C16H20ClNO2S. The van der Waals surface area contributed by atoms with Crippen molar-refractivity contribution in [2.45, 2.75) is 37.9 Å². The number of allylic oxidation sites excluding steroid dienone is 1. The molecule has 5 heteroatoms. The van der Waals surface area contributed by atoms with Crippen molar-refractivity contribution in [3.05, 3.63) is 40.4 Å². The van der Waals surface area contributed by atoms with Gasteiger partial charge in [-0.2, -0.15) is 0 Å². The molecule has 0 heterocycles. The van der Waals surface area contributed by atoms with Crippen molar-refractivity contribution in [3.8, 4) is 0 Å². The Kier molecular flexibility index (Phi) is 6.00. The van der Waals surface area contributed by atoms with E-state index in [1.54, 1.807) is 24.5 Å². The second kappa shape index (κ2) is 7.76. The fourth-order valence-corrected chi connectivity index (χ4v) is 3.40. The zero-order valence-electron chi connectivity index (χ0n) is 12.2. The first kappa shape index (κ1) is 16.2. The predicted octanol–water partition coefficient (Wildman–Crippen LogP) is 4.05. The molecule has 1 aromatic carbocycles. The summed E-state index contributed by atoms with van der Waals surface area (Å²) < 4.78 is 11.3. The Balaban J connectivity index is 2.00. The van der Waals surface area contributed by atoms with Crippen LogP contribution in [0.2, 0.25) is 5.02 Å². The van der Waals surface area contributed by atoms with Crippen LogP contribution >= 0.6 is 11.6 Å². The first-order valence-corrected chi connectivity index (χ1v) is 9.21. The smallest absolute Gasteiger partial charge is 0.228 e. The normalized spacial score (nSPS) is 16.2. The van der Waals surface area contributed by atoms with Crippen LogP contribution in [0.25, 0.3) is 0 Å². The summed E-state index contributed by atoms with van der Waals surface area (Å²) >= 11 is 6.08. The van der Waals surface area contributed by atoms with E-state index >= 15 is 0 Å². The fraction of sp³-hybridized carbons (Fsp3) is 0.438. The summed E-state index contributed by atoms with van der Waals surface area (Å²) in [5.41, 5.74) is 2.73. The van der Waals surface area contributed by atoms with Gasteiger partial charge in [0, 0.05) is 39.9 Å². The Morgan fingerprint density at radius 2 is 2.19 bits per heavy atom. The van der Waals surface area contributed by atoms with E-state index in [1.165, 1.54) is 18.4 Å². The molecule has 0 fully saturated rings. The molecule has 1 N–H and O–H groups in total. The summed E-state index contributed by atoms with van der Waals surface area (Å²) in [5.74, 6) is 0.391. The zero-order valence-corrected chi connectivity index (χ0v) is 13.7. The van der Waals surface area contributed by atoms with Crippen molar-refractivity contribution < 1.29 is 9.00 Å². The SMILES string of the molecule is C[S@@](=O)Cc1cc(NC(=O)CC2=CCCCC2)ccc1Cl. The Hall–Kier alpha value is -1.13. The van der Waals surface area contributed by atoms with Crippen LogP contribution in [0.3, 0.4) is 0 Å². The van der Waals surface area contributed by atoms with Crippen LogP contribution in [0.15, 0.2) is 29.8 Å². The molecule has 1 aliphatic carbocycles. The van der Waals surface area contributed by atoms with E-state index in [-0.39, 0.29) is 5.91 Å². The molecule has 21 heavy (non-hydrogen) atoms. The van der Waals surface area contributed by atoms with Gasteiger partial charge in [0.25, 0.3) is 0 Å². The topological polar surface area (TPSA) is 46.2 Å². The van der Waals surface area contributed by atoms with Gasteiger partial charge in [-0.05, 0) is 49.4 Å². The number of hydrogen-bond acceptors (Lipinski definition) is 2. The molecule has 0 saturated carbocycles. The van der Waals surface area contributed by atoms with Crippen LogP contribution in [0.5, 0.6) is 0 Å². The number of halogens is 1. The molecule has 0 bridgehead atoms. The Labute approximate surface area is 133 Å². The number of hydrogen-bond donors (Lipinski definition) is 1. The molecule has 3 nitrogen and oxygen atoms in total. The number of amides is 1. The lowest BCUT2D eigenvalue weighted by molar-refractivity contribution is -0.115. The molecule has 0 spiro atoms.